The minimum absolute atomic E-state index is 0.102. The maximum absolute atomic E-state index is 12.4. The van der Waals surface area contributed by atoms with Crippen LogP contribution in [0.1, 0.15) is 27.2 Å². The number of halogens is 1. The number of benzene rings is 1. The molecule has 1 rings (SSSR count). The van der Waals surface area contributed by atoms with E-state index in [-0.39, 0.29) is 21.6 Å². The highest BCUT2D eigenvalue weighted by atomic mass is 35.5. The average molecular weight is 363 g/mol. The van der Waals surface area contributed by atoms with Crippen molar-refractivity contribution in [3.63, 3.8) is 0 Å². The molecule has 0 aliphatic heterocycles. The zero-order chi connectivity index (χ0) is 17.6. The first kappa shape index (κ1) is 19.7. The van der Waals surface area contributed by atoms with Crippen molar-refractivity contribution in [1.82, 2.24) is 10.0 Å². The van der Waals surface area contributed by atoms with Crippen LogP contribution in [0.4, 0.5) is 0 Å². The lowest BCUT2D eigenvalue weighted by Crippen LogP contribution is -2.45. The van der Waals surface area contributed by atoms with Gasteiger partial charge in [-0.25, -0.2) is 8.42 Å². The van der Waals surface area contributed by atoms with E-state index < -0.39 is 16.1 Å². The zero-order valence-electron chi connectivity index (χ0n) is 13.7. The van der Waals surface area contributed by atoms with Gasteiger partial charge in [-0.2, -0.15) is 4.72 Å². The number of rotatable bonds is 8. The smallest absolute Gasteiger partial charge is 0.245 e. The van der Waals surface area contributed by atoms with E-state index in [9.17, 15) is 13.2 Å². The van der Waals surface area contributed by atoms with E-state index in [2.05, 4.69) is 10.0 Å². The first-order chi connectivity index (χ1) is 10.7. The summed E-state index contributed by atoms with van der Waals surface area (Å²) in [6.07, 6.45) is 0.827. The Labute approximate surface area is 142 Å². The molecule has 1 aromatic carbocycles. The van der Waals surface area contributed by atoms with Crippen molar-refractivity contribution < 1.29 is 17.9 Å². The fourth-order valence-electron chi connectivity index (χ4n) is 1.85. The van der Waals surface area contributed by atoms with Crippen molar-refractivity contribution >= 4 is 27.5 Å². The summed E-state index contributed by atoms with van der Waals surface area (Å²) in [7, 11) is -2.57. The molecule has 130 valence electrons. The van der Waals surface area contributed by atoms with Gasteiger partial charge >= 0.3 is 0 Å². The van der Waals surface area contributed by atoms with Crippen molar-refractivity contribution in [2.75, 3.05) is 13.7 Å². The molecule has 0 radical (unpaired) electrons. The molecule has 1 atom stereocenters. The van der Waals surface area contributed by atoms with E-state index in [1.54, 1.807) is 0 Å². The van der Waals surface area contributed by atoms with Crippen LogP contribution >= 0.6 is 11.6 Å². The largest absolute Gasteiger partial charge is 0.495 e. The molecule has 1 amide bonds. The Kier molecular flexibility index (Phi) is 7.31. The molecular weight excluding hydrogens is 340 g/mol. The van der Waals surface area contributed by atoms with Gasteiger partial charge in [-0.05, 0) is 37.5 Å². The molecular formula is C15H23ClN2O4S. The van der Waals surface area contributed by atoms with E-state index in [1.807, 2.05) is 13.8 Å². The van der Waals surface area contributed by atoms with Gasteiger partial charge in [0.1, 0.15) is 10.6 Å². The van der Waals surface area contributed by atoms with Gasteiger partial charge in [-0.1, -0.05) is 25.4 Å². The van der Waals surface area contributed by atoms with Crippen LogP contribution < -0.4 is 14.8 Å². The summed E-state index contributed by atoms with van der Waals surface area (Å²) < 4.78 is 32.2. The van der Waals surface area contributed by atoms with Gasteiger partial charge in [-0.15, -0.1) is 0 Å². The summed E-state index contributed by atoms with van der Waals surface area (Å²) in [5, 5.41) is 2.97. The van der Waals surface area contributed by atoms with E-state index in [1.165, 1.54) is 32.2 Å². The summed E-state index contributed by atoms with van der Waals surface area (Å²) in [6, 6.07) is 3.37. The second-order valence-electron chi connectivity index (χ2n) is 5.61. The molecule has 0 unspecified atom stereocenters. The second-order valence-corrected chi connectivity index (χ2v) is 7.73. The molecule has 1 aromatic rings. The molecule has 23 heavy (non-hydrogen) atoms. The molecule has 0 heterocycles. The molecule has 0 fully saturated rings. The van der Waals surface area contributed by atoms with E-state index in [0.717, 1.165) is 6.42 Å². The highest BCUT2D eigenvalue weighted by Gasteiger charge is 2.25. The molecule has 6 nitrogen and oxygen atoms in total. The van der Waals surface area contributed by atoms with Crippen molar-refractivity contribution in [2.45, 2.75) is 38.1 Å². The van der Waals surface area contributed by atoms with Crippen LogP contribution in [0.15, 0.2) is 23.1 Å². The van der Waals surface area contributed by atoms with Gasteiger partial charge in [0.15, 0.2) is 0 Å². The summed E-state index contributed by atoms with van der Waals surface area (Å²) in [5.41, 5.74) is 0. The van der Waals surface area contributed by atoms with Crippen LogP contribution in [0.2, 0.25) is 5.02 Å². The van der Waals surface area contributed by atoms with Gasteiger partial charge in [0.25, 0.3) is 0 Å². The van der Waals surface area contributed by atoms with Crippen LogP contribution in [0.25, 0.3) is 0 Å². The van der Waals surface area contributed by atoms with Gasteiger partial charge in [0.2, 0.25) is 15.9 Å². The summed E-state index contributed by atoms with van der Waals surface area (Å²) in [4.78, 5) is 11.9. The lowest BCUT2D eigenvalue weighted by molar-refractivity contribution is -0.122. The third-order valence-electron chi connectivity index (χ3n) is 3.16. The van der Waals surface area contributed by atoms with Gasteiger partial charge in [0, 0.05) is 11.6 Å². The van der Waals surface area contributed by atoms with Crippen LogP contribution in [0, 0.1) is 5.92 Å². The first-order valence-electron chi connectivity index (χ1n) is 7.31. The average Bonchev–Trinajstić information content (AvgIpc) is 2.46. The molecule has 8 heteroatoms. The maximum atomic E-state index is 12.4. The normalized spacial score (nSPS) is 13.0. The highest BCUT2D eigenvalue weighted by molar-refractivity contribution is 7.89. The Morgan fingerprint density at radius 2 is 1.96 bits per heavy atom. The van der Waals surface area contributed by atoms with E-state index in [0.29, 0.717) is 12.5 Å². The molecule has 0 saturated carbocycles. The number of amides is 1. The molecule has 0 aliphatic rings. The van der Waals surface area contributed by atoms with Crippen molar-refractivity contribution in [2.24, 2.45) is 5.92 Å². The van der Waals surface area contributed by atoms with E-state index >= 15 is 0 Å². The topological polar surface area (TPSA) is 84.5 Å². The molecule has 0 aromatic heterocycles. The Morgan fingerprint density at radius 1 is 1.30 bits per heavy atom. The fraction of sp³-hybridized carbons (Fsp3) is 0.533. The lowest BCUT2D eigenvalue weighted by atomic mass is 10.1. The van der Waals surface area contributed by atoms with Crippen molar-refractivity contribution in [3.8, 4) is 5.75 Å². The molecule has 0 bridgehead atoms. The number of carbonyl (C=O) groups is 1. The summed E-state index contributed by atoms with van der Waals surface area (Å²) in [6.45, 7) is 6.08. The Hall–Kier alpha value is -1.31. The minimum Gasteiger partial charge on any atom is -0.495 e. The first-order valence-corrected chi connectivity index (χ1v) is 9.17. The second kappa shape index (κ2) is 8.52. The van der Waals surface area contributed by atoms with Gasteiger partial charge in [0.05, 0.1) is 13.2 Å². The zero-order valence-corrected chi connectivity index (χ0v) is 15.3. The van der Waals surface area contributed by atoms with Crippen LogP contribution in [0.3, 0.4) is 0 Å². The maximum Gasteiger partial charge on any atom is 0.245 e. The Balaban J connectivity index is 2.82. The quantitative estimate of drug-likeness (QED) is 0.742. The molecule has 2 N–H and O–H groups in total. The van der Waals surface area contributed by atoms with Crippen LogP contribution in [-0.2, 0) is 14.8 Å². The van der Waals surface area contributed by atoms with Crippen LogP contribution in [0.5, 0.6) is 5.75 Å². The number of nitrogens with one attached hydrogen (secondary N) is 2. The molecule has 0 aliphatic carbocycles. The minimum atomic E-state index is -3.93. The summed E-state index contributed by atoms with van der Waals surface area (Å²) >= 11 is 5.85. The number of sulfonamides is 1. The predicted molar refractivity (Wildman–Crippen MR) is 90.3 cm³/mol. The van der Waals surface area contributed by atoms with Crippen LogP contribution in [-0.4, -0.2) is 34.0 Å². The van der Waals surface area contributed by atoms with Crippen molar-refractivity contribution in [3.05, 3.63) is 23.2 Å². The molecule has 0 saturated heterocycles. The standard InChI is InChI=1S/C15H23ClN2O4S/c1-10(2)7-8-17-15(19)11(3)18-23(20,21)14-9-12(16)5-6-13(14)22-4/h5-6,9-11,18H,7-8H2,1-4H3,(H,17,19)/t11-/m0/s1. The number of hydrogen-bond acceptors (Lipinski definition) is 4. The monoisotopic (exact) mass is 362 g/mol. The number of hydrogen-bond donors (Lipinski definition) is 2. The summed E-state index contributed by atoms with van der Waals surface area (Å²) in [5.74, 6) is 0.238. The van der Waals surface area contributed by atoms with Crippen molar-refractivity contribution in [1.29, 1.82) is 0 Å². The third kappa shape index (κ3) is 6.01. The highest BCUT2D eigenvalue weighted by Crippen LogP contribution is 2.26. The number of ether oxygens (including phenoxy) is 1. The predicted octanol–water partition coefficient (Wildman–Crippen LogP) is 2.18. The van der Waals surface area contributed by atoms with Gasteiger partial charge < -0.3 is 10.1 Å². The third-order valence-corrected chi connectivity index (χ3v) is 4.96. The Morgan fingerprint density at radius 3 is 2.52 bits per heavy atom. The Bertz CT molecular complexity index is 647. The number of methoxy groups -OCH3 is 1. The molecule has 0 spiro atoms. The van der Waals surface area contributed by atoms with E-state index in [4.69, 9.17) is 16.3 Å². The SMILES string of the molecule is COc1ccc(Cl)cc1S(=O)(=O)N[C@@H](C)C(=O)NCCC(C)C. The van der Waals surface area contributed by atoms with Gasteiger partial charge in [-0.3, -0.25) is 4.79 Å². The number of carbonyl (C=O) groups excluding carboxylic acids is 1. The fourth-order valence-corrected chi connectivity index (χ4v) is 3.48. The lowest BCUT2D eigenvalue weighted by Gasteiger charge is -2.16.